The highest BCUT2D eigenvalue weighted by Gasteiger charge is 2.22. The lowest BCUT2D eigenvalue weighted by atomic mass is 10.2. The average Bonchev–Trinajstić information content (AvgIpc) is 3.02. The number of tetrazole rings is 1. The Bertz CT molecular complexity index is 741. The zero-order valence-corrected chi connectivity index (χ0v) is 13.5. The molecule has 22 heavy (non-hydrogen) atoms. The molecular weight excluding hydrogens is 306 g/mol. The maximum absolute atomic E-state index is 12.0. The second kappa shape index (κ2) is 5.76. The van der Waals surface area contributed by atoms with Gasteiger partial charge in [0.25, 0.3) is 0 Å². The maximum atomic E-state index is 12.0. The quantitative estimate of drug-likeness (QED) is 0.749. The van der Waals surface area contributed by atoms with Crippen LogP contribution >= 0.6 is 0 Å². The van der Waals surface area contributed by atoms with E-state index >= 15 is 0 Å². The van der Waals surface area contributed by atoms with Crippen LogP contribution in [0.4, 0.5) is 0 Å². The zero-order chi connectivity index (χ0) is 15.7. The molecule has 1 aliphatic heterocycles. The van der Waals surface area contributed by atoms with Gasteiger partial charge in [0, 0.05) is 19.2 Å². The molecule has 2 aromatic heterocycles. The predicted octanol–water partition coefficient (Wildman–Crippen LogP) is -0.295. The Balaban J connectivity index is 1.79. The molecule has 0 fully saturated rings. The number of fused-ring (bicyclic) bond motifs is 1. The van der Waals surface area contributed by atoms with E-state index in [1.807, 2.05) is 6.20 Å². The summed E-state index contributed by atoms with van der Waals surface area (Å²) < 4.78 is 27.4. The highest BCUT2D eigenvalue weighted by atomic mass is 32.2. The van der Waals surface area contributed by atoms with Gasteiger partial charge in [-0.1, -0.05) is 0 Å². The summed E-state index contributed by atoms with van der Waals surface area (Å²) in [6, 6.07) is 0. The Kier molecular flexibility index (Phi) is 3.96. The summed E-state index contributed by atoms with van der Waals surface area (Å²) in [5, 5.41) is 11.6. The van der Waals surface area contributed by atoms with Crippen LogP contribution in [-0.2, 0) is 43.1 Å². The summed E-state index contributed by atoms with van der Waals surface area (Å²) in [5.41, 5.74) is 0.756. The molecule has 0 saturated heterocycles. The lowest BCUT2D eigenvalue weighted by Gasteiger charge is -2.16. The van der Waals surface area contributed by atoms with Gasteiger partial charge in [0.05, 0.1) is 32.1 Å². The molecule has 1 aliphatic rings. The molecule has 0 N–H and O–H groups in total. The number of aromatic nitrogens is 6. The number of imidazole rings is 1. The fourth-order valence-electron chi connectivity index (χ4n) is 2.56. The minimum absolute atomic E-state index is 0.0921. The summed E-state index contributed by atoms with van der Waals surface area (Å²) in [7, 11) is -1.74. The summed E-state index contributed by atoms with van der Waals surface area (Å²) in [5.74, 6) is 1.41. The normalized spacial score (nSPS) is 15.2. The molecule has 0 atom stereocenters. The van der Waals surface area contributed by atoms with E-state index in [-0.39, 0.29) is 13.1 Å². The number of hydrogen-bond donors (Lipinski definition) is 0. The maximum Gasteiger partial charge on any atom is 0.211 e. The lowest BCUT2D eigenvalue weighted by Crippen LogP contribution is -2.29. The van der Waals surface area contributed by atoms with Gasteiger partial charge in [-0.3, -0.25) is 0 Å². The topological polar surface area (TPSA) is 98.8 Å². The van der Waals surface area contributed by atoms with Crippen molar-refractivity contribution in [3.05, 3.63) is 23.5 Å². The van der Waals surface area contributed by atoms with Crippen molar-refractivity contribution in [2.24, 2.45) is 7.05 Å². The first-order valence-electron chi connectivity index (χ1n) is 7.15. The minimum Gasteiger partial charge on any atom is -0.335 e. The van der Waals surface area contributed by atoms with Crippen LogP contribution in [0.15, 0.2) is 6.20 Å². The van der Waals surface area contributed by atoms with Crippen molar-refractivity contribution in [2.75, 3.05) is 6.26 Å². The van der Waals surface area contributed by atoms with Gasteiger partial charge >= 0.3 is 0 Å². The van der Waals surface area contributed by atoms with Crippen molar-refractivity contribution in [1.29, 1.82) is 0 Å². The minimum atomic E-state index is -3.39. The van der Waals surface area contributed by atoms with Crippen LogP contribution in [0, 0.1) is 0 Å². The van der Waals surface area contributed by atoms with Gasteiger partial charge in [-0.15, -0.1) is 10.2 Å². The first kappa shape index (κ1) is 15.1. The van der Waals surface area contributed by atoms with E-state index in [0.29, 0.717) is 5.82 Å². The van der Waals surface area contributed by atoms with E-state index in [9.17, 15) is 8.42 Å². The first-order chi connectivity index (χ1) is 10.4. The molecule has 2 aromatic rings. The van der Waals surface area contributed by atoms with E-state index in [0.717, 1.165) is 37.3 Å². The highest BCUT2D eigenvalue weighted by molar-refractivity contribution is 7.88. The molecule has 0 aromatic carbocycles. The van der Waals surface area contributed by atoms with Crippen molar-refractivity contribution in [1.82, 2.24) is 34.1 Å². The third-order valence-electron chi connectivity index (χ3n) is 3.63. The van der Waals surface area contributed by atoms with Gasteiger partial charge < -0.3 is 4.57 Å². The van der Waals surface area contributed by atoms with E-state index in [1.165, 1.54) is 15.4 Å². The van der Waals surface area contributed by atoms with Crippen LogP contribution < -0.4 is 0 Å². The van der Waals surface area contributed by atoms with Gasteiger partial charge in [-0.05, 0) is 18.1 Å². The van der Waals surface area contributed by atoms with Crippen LogP contribution in [0.1, 0.15) is 30.2 Å². The Labute approximate surface area is 129 Å². The van der Waals surface area contributed by atoms with Crippen molar-refractivity contribution in [2.45, 2.75) is 38.9 Å². The van der Waals surface area contributed by atoms with Crippen molar-refractivity contribution in [3.63, 3.8) is 0 Å². The van der Waals surface area contributed by atoms with E-state index < -0.39 is 10.0 Å². The van der Waals surface area contributed by atoms with Gasteiger partial charge in [-0.25, -0.2) is 13.4 Å². The van der Waals surface area contributed by atoms with Gasteiger partial charge in [0.15, 0.2) is 5.82 Å². The third kappa shape index (κ3) is 3.33. The Morgan fingerprint density at radius 2 is 2.14 bits per heavy atom. The van der Waals surface area contributed by atoms with Gasteiger partial charge in [-0.2, -0.15) is 9.10 Å². The fraction of sp³-hybridized carbons (Fsp3) is 0.667. The molecule has 0 unspecified atom stereocenters. The second-order valence-electron chi connectivity index (χ2n) is 5.53. The number of nitrogens with zero attached hydrogens (tertiary/aromatic N) is 7. The second-order valence-corrected chi connectivity index (χ2v) is 7.51. The molecule has 0 radical (unpaired) electrons. The number of aryl methyl sites for hydroxylation is 3. The molecule has 0 saturated carbocycles. The van der Waals surface area contributed by atoms with Gasteiger partial charge in [0.1, 0.15) is 5.82 Å². The van der Waals surface area contributed by atoms with Crippen LogP contribution in [0.3, 0.4) is 0 Å². The molecule has 3 heterocycles. The first-order valence-corrected chi connectivity index (χ1v) is 8.99. The van der Waals surface area contributed by atoms with Crippen LogP contribution in [-0.4, -0.2) is 48.7 Å². The number of hydrogen-bond acceptors (Lipinski definition) is 6. The van der Waals surface area contributed by atoms with E-state index in [1.54, 1.807) is 7.05 Å². The summed E-state index contributed by atoms with van der Waals surface area (Å²) >= 11 is 0. The van der Waals surface area contributed by atoms with Crippen LogP contribution in [0.5, 0.6) is 0 Å². The molecule has 10 heteroatoms. The van der Waals surface area contributed by atoms with Crippen LogP contribution in [0.25, 0.3) is 0 Å². The number of sulfonamides is 1. The molecular formula is C12H19N7O2S. The van der Waals surface area contributed by atoms with Gasteiger partial charge in [0.2, 0.25) is 10.0 Å². The summed E-state index contributed by atoms with van der Waals surface area (Å²) in [6.07, 6.45) is 6.35. The molecule has 0 amide bonds. The summed E-state index contributed by atoms with van der Waals surface area (Å²) in [6.45, 7) is 1.26. The predicted molar refractivity (Wildman–Crippen MR) is 78.1 cm³/mol. The average molecular weight is 325 g/mol. The molecule has 0 bridgehead atoms. The lowest BCUT2D eigenvalue weighted by molar-refractivity contribution is 0.391. The zero-order valence-electron chi connectivity index (χ0n) is 12.7. The molecule has 0 spiro atoms. The van der Waals surface area contributed by atoms with Crippen LogP contribution in [0.2, 0.25) is 0 Å². The van der Waals surface area contributed by atoms with E-state index in [2.05, 4.69) is 25.0 Å². The van der Waals surface area contributed by atoms with E-state index in [4.69, 9.17) is 0 Å². The molecule has 120 valence electrons. The van der Waals surface area contributed by atoms with Crippen molar-refractivity contribution in [3.8, 4) is 0 Å². The van der Waals surface area contributed by atoms with Crippen molar-refractivity contribution >= 4 is 10.0 Å². The summed E-state index contributed by atoms with van der Waals surface area (Å²) in [4.78, 5) is 5.86. The molecule has 0 aliphatic carbocycles. The van der Waals surface area contributed by atoms with Crippen molar-refractivity contribution < 1.29 is 8.42 Å². The monoisotopic (exact) mass is 325 g/mol. The standard InChI is InChI=1S/C12H19N7O2S/c1-17-15-11(14-16-17)9-19(22(2,20)21)8-10-7-18-6-4-3-5-12(18)13-10/h7H,3-6,8-9H2,1-2H3. The highest BCUT2D eigenvalue weighted by Crippen LogP contribution is 2.17. The Hall–Kier alpha value is -1.81. The fourth-order valence-corrected chi connectivity index (χ4v) is 3.28. The molecule has 9 nitrogen and oxygen atoms in total. The molecule has 3 rings (SSSR count). The SMILES string of the molecule is Cn1nnc(CN(Cc2cn3c(n2)CCCC3)S(C)(=O)=O)n1. The third-order valence-corrected chi connectivity index (χ3v) is 4.83. The largest absolute Gasteiger partial charge is 0.335 e. The smallest absolute Gasteiger partial charge is 0.211 e. The Morgan fingerprint density at radius 1 is 1.32 bits per heavy atom. The number of rotatable bonds is 5. The Morgan fingerprint density at radius 3 is 2.77 bits per heavy atom.